The Balaban J connectivity index is 2.30. The van der Waals surface area contributed by atoms with Crippen LogP contribution >= 0.6 is 23.2 Å². The Bertz CT molecular complexity index is 515. The first-order valence-electron chi connectivity index (χ1n) is 6.03. The SMILES string of the molecule is C/C=C/C(=O)OCC(=O)NCCc1ccc(Cl)cc1Cl. The second-order valence-corrected chi connectivity index (χ2v) is 4.79. The number of carbonyl (C=O) groups is 2. The van der Waals surface area contributed by atoms with Crippen LogP contribution in [0.2, 0.25) is 10.0 Å². The van der Waals surface area contributed by atoms with Gasteiger partial charge < -0.3 is 10.1 Å². The van der Waals surface area contributed by atoms with Crippen molar-refractivity contribution in [3.8, 4) is 0 Å². The van der Waals surface area contributed by atoms with Crippen LogP contribution in [0.4, 0.5) is 0 Å². The lowest BCUT2D eigenvalue weighted by molar-refractivity contribution is -0.143. The molecule has 0 radical (unpaired) electrons. The number of ether oxygens (including phenoxy) is 1. The van der Waals surface area contributed by atoms with E-state index in [4.69, 9.17) is 27.9 Å². The summed E-state index contributed by atoms with van der Waals surface area (Å²) in [4.78, 5) is 22.4. The topological polar surface area (TPSA) is 55.4 Å². The monoisotopic (exact) mass is 315 g/mol. The van der Waals surface area contributed by atoms with Crippen LogP contribution in [0.1, 0.15) is 12.5 Å². The van der Waals surface area contributed by atoms with Gasteiger partial charge in [-0.1, -0.05) is 35.3 Å². The van der Waals surface area contributed by atoms with E-state index in [0.29, 0.717) is 23.0 Å². The Morgan fingerprint density at radius 1 is 1.35 bits per heavy atom. The van der Waals surface area contributed by atoms with E-state index in [0.717, 1.165) is 5.56 Å². The van der Waals surface area contributed by atoms with Crippen LogP contribution in [0.5, 0.6) is 0 Å². The Kier molecular flexibility index (Phi) is 7.12. The molecule has 6 heteroatoms. The molecule has 0 spiro atoms. The van der Waals surface area contributed by atoms with Crippen molar-refractivity contribution in [3.63, 3.8) is 0 Å². The summed E-state index contributed by atoms with van der Waals surface area (Å²) in [5, 5.41) is 3.77. The third kappa shape index (κ3) is 6.08. The van der Waals surface area contributed by atoms with Crippen molar-refractivity contribution in [2.75, 3.05) is 13.2 Å². The minimum Gasteiger partial charge on any atom is -0.452 e. The van der Waals surface area contributed by atoms with Gasteiger partial charge in [0, 0.05) is 22.7 Å². The zero-order valence-corrected chi connectivity index (χ0v) is 12.5. The lowest BCUT2D eigenvalue weighted by Gasteiger charge is -2.07. The van der Waals surface area contributed by atoms with Crippen LogP contribution in [-0.4, -0.2) is 25.0 Å². The average Bonchev–Trinajstić information content (AvgIpc) is 2.39. The van der Waals surface area contributed by atoms with E-state index < -0.39 is 5.97 Å². The first kappa shape index (κ1) is 16.5. The lowest BCUT2D eigenvalue weighted by Crippen LogP contribution is -2.30. The van der Waals surface area contributed by atoms with Crippen LogP contribution in [0.25, 0.3) is 0 Å². The van der Waals surface area contributed by atoms with Crippen molar-refractivity contribution in [1.29, 1.82) is 0 Å². The van der Waals surface area contributed by atoms with Gasteiger partial charge in [-0.15, -0.1) is 0 Å². The van der Waals surface area contributed by atoms with E-state index in [9.17, 15) is 9.59 Å². The summed E-state index contributed by atoms with van der Waals surface area (Å²) in [7, 11) is 0. The minimum atomic E-state index is -0.539. The van der Waals surface area contributed by atoms with Crippen molar-refractivity contribution in [2.24, 2.45) is 0 Å². The van der Waals surface area contributed by atoms with Gasteiger partial charge in [-0.05, 0) is 31.0 Å². The highest BCUT2D eigenvalue weighted by atomic mass is 35.5. The maximum atomic E-state index is 11.4. The van der Waals surface area contributed by atoms with E-state index in [-0.39, 0.29) is 12.5 Å². The standard InChI is InChI=1S/C14H15Cl2NO3/c1-2-3-14(19)20-9-13(18)17-7-6-10-4-5-11(15)8-12(10)16/h2-5,8H,6-7,9H2,1H3,(H,17,18)/b3-2+. The summed E-state index contributed by atoms with van der Waals surface area (Å²) >= 11 is 11.8. The number of hydrogen-bond acceptors (Lipinski definition) is 3. The van der Waals surface area contributed by atoms with Gasteiger partial charge >= 0.3 is 5.97 Å². The molecule has 1 aromatic carbocycles. The molecule has 0 aliphatic carbocycles. The molecular formula is C14H15Cl2NO3. The molecule has 0 unspecified atom stereocenters. The second kappa shape index (κ2) is 8.61. The van der Waals surface area contributed by atoms with Crippen LogP contribution in [-0.2, 0) is 20.7 Å². The van der Waals surface area contributed by atoms with Crippen LogP contribution < -0.4 is 5.32 Å². The first-order chi connectivity index (χ1) is 9.52. The summed E-state index contributed by atoms with van der Waals surface area (Å²) in [5.41, 5.74) is 0.891. The summed E-state index contributed by atoms with van der Waals surface area (Å²) in [6.45, 7) is 1.80. The van der Waals surface area contributed by atoms with Crippen molar-refractivity contribution >= 4 is 35.1 Å². The highest BCUT2D eigenvalue weighted by molar-refractivity contribution is 6.35. The molecule has 0 aliphatic heterocycles. The molecule has 1 amide bonds. The number of benzene rings is 1. The number of hydrogen-bond donors (Lipinski definition) is 1. The van der Waals surface area contributed by atoms with Crippen LogP contribution in [0.15, 0.2) is 30.4 Å². The highest BCUT2D eigenvalue weighted by Crippen LogP contribution is 2.20. The van der Waals surface area contributed by atoms with Crippen molar-refractivity contribution in [1.82, 2.24) is 5.32 Å². The quantitative estimate of drug-likeness (QED) is 0.648. The van der Waals surface area contributed by atoms with Gasteiger partial charge in [-0.25, -0.2) is 4.79 Å². The molecule has 1 N–H and O–H groups in total. The minimum absolute atomic E-state index is 0.294. The Morgan fingerprint density at radius 2 is 2.10 bits per heavy atom. The molecular weight excluding hydrogens is 301 g/mol. The maximum Gasteiger partial charge on any atom is 0.330 e. The summed E-state index contributed by atoms with van der Waals surface area (Å²) in [6, 6.07) is 5.20. The van der Waals surface area contributed by atoms with Crippen molar-refractivity contribution < 1.29 is 14.3 Å². The molecule has 0 heterocycles. The molecule has 108 valence electrons. The molecule has 0 atom stereocenters. The smallest absolute Gasteiger partial charge is 0.330 e. The molecule has 1 rings (SSSR count). The molecule has 0 fully saturated rings. The number of rotatable bonds is 6. The fourth-order valence-corrected chi connectivity index (χ4v) is 1.94. The molecule has 0 saturated heterocycles. The lowest BCUT2D eigenvalue weighted by atomic mass is 10.1. The molecule has 20 heavy (non-hydrogen) atoms. The van der Waals surface area contributed by atoms with Gasteiger partial charge in [-0.2, -0.15) is 0 Å². The van der Waals surface area contributed by atoms with E-state index in [1.165, 1.54) is 6.08 Å². The van der Waals surface area contributed by atoms with Crippen molar-refractivity contribution in [2.45, 2.75) is 13.3 Å². The first-order valence-corrected chi connectivity index (χ1v) is 6.78. The molecule has 4 nitrogen and oxygen atoms in total. The Hall–Kier alpha value is -1.52. The second-order valence-electron chi connectivity index (χ2n) is 3.94. The third-order valence-electron chi connectivity index (χ3n) is 2.38. The van der Waals surface area contributed by atoms with Gasteiger partial charge in [0.2, 0.25) is 0 Å². The summed E-state index contributed by atoms with van der Waals surface area (Å²) in [5.74, 6) is -0.892. The largest absolute Gasteiger partial charge is 0.452 e. The number of nitrogens with one attached hydrogen (secondary N) is 1. The number of halogens is 2. The van der Waals surface area contributed by atoms with Gasteiger partial charge in [0.1, 0.15) is 0 Å². The van der Waals surface area contributed by atoms with Crippen LogP contribution in [0, 0.1) is 0 Å². The molecule has 0 aliphatic rings. The molecule has 0 aromatic heterocycles. The normalized spacial score (nSPS) is 10.6. The molecule has 0 bridgehead atoms. The van der Waals surface area contributed by atoms with E-state index >= 15 is 0 Å². The highest BCUT2D eigenvalue weighted by Gasteiger charge is 2.05. The number of esters is 1. The van der Waals surface area contributed by atoms with E-state index in [1.807, 2.05) is 6.07 Å². The Morgan fingerprint density at radius 3 is 2.75 bits per heavy atom. The van der Waals surface area contributed by atoms with E-state index in [2.05, 4.69) is 5.32 Å². The number of amides is 1. The zero-order valence-electron chi connectivity index (χ0n) is 11.0. The predicted octanol–water partition coefficient (Wildman–Crippen LogP) is 2.77. The van der Waals surface area contributed by atoms with Gasteiger partial charge in [0.15, 0.2) is 6.61 Å². The number of allylic oxidation sites excluding steroid dienone is 1. The summed E-state index contributed by atoms with van der Waals surface area (Å²) < 4.78 is 4.71. The van der Waals surface area contributed by atoms with Gasteiger partial charge in [0.05, 0.1) is 0 Å². The fourth-order valence-electron chi connectivity index (χ4n) is 1.43. The predicted molar refractivity (Wildman–Crippen MR) is 78.9 cm³/mol. The number of carbonyl (C=O) groups excluding carboxylic acids is 2. The van der Waals surface area contributed by atoms with E-state index in [1.54, 1.807) is 25.1 Å². The third-order valence-corrected chi connectivity index (χ3v) is 2.97. The average molecular weight is 316 g/mol. The molecule has 1 aromatic rings. The maximum absolute atomic E-state index is 11.4. The van der Waals surface area contributed by atoms with Gasteiger partial charge in [-0.3, -0.25) is 4.79 Å². The Labute approximate surface area is 127 Å². The zero-order chi connectivity index (χ0) is 15.0. The van der Waals surface area contributed by atoms with Gasteiger partial charge in [0.25, 0.3) is 5.91 Å². The summed E-state index contributed by atoms with van der Waals surface area (Å²) in [6.07, 6.45) is 3.37. The van der Waals surface area contributed by atoms with Crippen molar-refractivity contribution in [3.05, 3.63) is 46.0 Å². The fraction of sp³-hybridized carbons (Fsp3) is 0.286. The van der Waals surface area contributed by atoms with Crippen LogP contribution in [0.3, 0.4) is 0 Å². The molecule has 0 saturated carbocycles.